The van der Waals surface area contributed by atoms with Gasteiger partial charge >= 0.3 is 0 Å². The Morgan fingerprint density at radius 2 is 1.91 bits per heavy atom. The van der Waals surface area contributed by atoms with Crippen LogP contribution in [0.3, 0.4) is 0 Å². The second-order valence-electron chi connectivity index (χ2n) is 6.43. The maximum Gasteiger partial charge on any atom is 0.205 e. The molecule has 3 aromatic rings. The molecule has 0 atom stereocenters. The summed E-state index contributed by atoms with van der Waals surface area (Å²) in [7, 11) is 1.93. The van der Waals surface area contributed by atoms with Crippen molar-refractivity contribution >= 4 is 16.5 Å². The molecule has 23 heavy (non-hydrogen) atoms. The van der Waals surface area contributed by atoms with Gasteiger partial charge in [-0.1, -0.05) is 32.1 Å². The van der Waals surface area contributed by atoms with Crippen LogP contribution in [0.15, 0.2) is 30.7 Å². The number of nitrogens with one attached hydrogen (secondary N) is 1. The number of anilines is 1. The Hall–Kier alpha value is -2.28. The molecule has 0 aliphatic carbocycles. The molecule has 0 aliphatic rings. The Bertz CT molecular complexity index is 785. The number of aromatic nitrogens is 5. The predicted molar refractivity (Wildman–Crippen MR) is 92.4 cm³/mol. The molecule has 0 unspecified atom stereocenters. The van der Waals surface area contributed by atoms with E-state index in [4.69, 9.17) is 0 Å². The third-order valence-electron chi connectivity index (χ3n) is 3.35. The highest BCUT2D eigenvalue weighted by Gasteiger charge is 2.19. The Labute approximate surface area is 139 Å². The Balaban J connectivity index is 1.78. The standard InChI is InChI=1S/C16H20N6S/c1-16(2,3)14-19-20-15(23-14)18-9-12-10-22(4)21-13(12)11-5-7-17-8-6-11/h5-8,10H,9H2,1-4H3,(H,18,20). The van der Waals surface area contributed by atoms with Gasteiger partial charge < -0.3 is 5.32 Å². The molecule has 3 heterocycles. The maximum atomic E-state index is 4.55. The molecular weight excluding hydrogens is 308 g/mol. The highest BCUT2D eigenvalue weighted by Crippen LogP contribution is 2.28. The molecule has 3 rings (SSSR count). The van der Waals surface area contributed by atoms with Gasteiger partial charge in [-0.05, 0) is 12.1 Å². The van der Waals surface area contributed by atoms with Crippen LogP contribution in [0.4, 0.5) is 5.13 Å². The van der Waals surface area contributed by atoms with Crippen LogP contribution in [0.5, 0.6) is 0 Å². The normalized spacial score (nSPS) is 11.7. The summed E-state index contributed by atoms with van der Waals surface area (Å²) >= 11 is 1.60. The first kappa shape index (κ1) is 15.6. The largest absolute Gasteiger partial charge is 0.356 e. The molecule has 7 heteroatoms. The zero-order chi connectivity index (χ0) is 16.4. The van der Waals surface area contributed by atoms with Gasteiger partial charge in [-0.3, -0.25) is 9.67 Å². The van der Waals surface area contributed by atoms with Crippen LogP contribution < -0.4 is 5.32 Å². The van der Waals surface area contributed by atoms with E-state index in [1.807, 2.05) is 30.1 Å². The van der Waals surface area contributed by atoms with Gasteiger partial charge in [0, 0.05) is 48.7 Å². The molecule has 120 valence electrons. The summed E-state index contributed by atoms with van der Waals surface area (Å²) in [6.45, 7) is 7.07. The smallest absolute Gasteiger partial charge is 0.205 e. The summed E-state index contributed by atoms with van der Waals surface area (Å²) in [5, 5.41) is 18.3. The summed E-state index contributed by atoms with van der Waals surface area (Å²) in [6.07, 6.45) is 5.58. The average Bonchev–Trinajstić information content (AvgIpc) is 3.12. The molecule has 1 N–H and O–H groups in total. The van der Waals surface area contributed by atoms with Crippen molar-refractivity contribution < 1.29 is 0 Å². The first-order valence-electron chi connectivity index (χ1n) is 7.44. The van der Waals surface area contributed by atoms with Crippen molar-refractivity contribution in [2.24, 2.45) is 7.05 Å². The lowest BCUT2D eigenvalue weighted by atomic mass is 9.98. The lowest BCUT2D eigenvalue weighted by Crippen LogP contribution is -2.10. The van der Waals surface area contributed by atoms with Crippen LogP contribution in [0.1, 0.15) is 31.3 Å². The fraction of sp³-hybridized carbons (Fsp3) is 0.375. The van der Waals surface area contributed by atoms with Crippen LogP contribution in [0.2, 0.25) is 0 Å². The van der Waals surface area contributed by atoms with E-state index in [0.29, 0.717) is 6.54 Å². The molecule has 0 amide bonds. The van der Waals surface area contributed by atoms with E-state index in [1.165, 1.54) is 0 Å². The molecule has 0 saturated carbocycles. The highest BCUT2D eigenvalue weighted by atomic mass is 32.1. The van der Waals surface area contributed by atoms with Crippen molar-refractivity contribution in [2.45, 2.75) is 32.7 Å². The Kier molecular flexibility index (Phi) is 4.12. The number of nitrogens with zero attached hydrogens (tertiary/aromatic N) is 5. The maximum absolute atomic E-state index is 4.55. The summed E-state index contributed by atoms with van der Waals surface area (Å²) in [4.78, 5) is 4.06. The van der Waals surface area contributed by atoms with Gasteiger partial charge in [0.15, 0.2) is 0 Å². The quantitative estimate of drug-likeness (QED) is 0.796. The number of pyridine rings is 1. The number of aryl methyl sites for hydroxylation is 1. The fourth-order valence-corrected chi connectivity index (χ4v) is 2.99. The second kappa shape index (κ2) is 6.08. The van der Waals surface area contributed by atoms with E-state index in [2.05, 4.69) is 46.4 Å². The molecule has 3 aromatic heterocycles. The van der Waals surface area contributed by atoms with E-state index >= 15 is 0 Å². The zero-order valence-corrected chi connectivity index (χ0v) is 14.6. The van der Waals surface area contributed by atoms with Crippen molar-refractivity contribution in [1.82, 2.24) is 25.0 Å². The highest BCUT2D eigenvalue weighted by molar-refractivity contribution is 7.15. The van der Waals surface area contributed by atoms with Crippen LogP contribution >= 0.6 is 11.3 Å². The number of hydrogen-bond donors (Lipinski definition) is 1. The molecule has 0 saturated heterocycles. The molecule has 0 fully saturated rings. The molecular formula is C16H20N6S. The van der Waals surface area contributed by atoms with E-state index in [-0.39, 0.29) is 5.41 Å². The van der Waals surface area contributed by atoms with Gasteiger partial charge in [-0.2, -0.15) is 5.10 Å². The third-order valence-corrected chi connectivity index (χ3v) is 4.66. The van der Waals surface area contributed by atoms with E-state index in [1.54, 1.807) is 23.7 Å². The molecule has 0 aliphatic heterocycles. The second-order valence-corrected chi connectivity index (χ2v) is 7.41. The van der Waals surface area contributed by atoms with Crippen LogP contribution in [0, 0.1) is 0 Å². The molecule has 0 bridgehead atoms. The van der Waals surface area contributed by atoms with Gasteiger partial charge in [0.05, 0.1) is 5.69 Å². The van der Waals surface area contributed by atoms with Crippen molar-refractivity contribution in [3.63, 3.8) is 0 Å². The van der Waals surface area contributed by atoms with Gasteiger partial charge in [0.2, 0.25) is 5.13 Å². The predicted octanol–water partition coefficient (Wildman–Crippen LogP) is 3.24. The molecule has 0 spiro atoms. The topological polar surface area (TPSA) is 68.5 Å². The Morgan fingerprint density at radius 1 is 1.17 bits per heavy atom. The molecule has 0 aromatic carbocycles. The van der Waals surface area contributed by atoms with E-state index in [0.717, 1.165) is 27.0 Å². The SMILES string of the molecule is Cn1cc(CNc2nnc(C(C)(C)C)s2)c(-c2ccncc2)n1. The summed E-state index contributed by atoms with van der Waals surface area (Å²) in [5.74, 6) is 0. The minimum absolute atomic E-state index is 0.0219. The van der Waals surface area contributed by atoms with Gasteiger partial charge in [0.1, 0.15) is 5.01 Å². The lowest BCUT2D eigenvalue weighted by Gasteiger charge is -2.12. The van der Waals surface area contributed by atoms with Crippen molar-refractivity contribution in [3.8, 4) is 11.3 Å². The van der Waals surface area contributed by atoms with Gasteiger partial charge in [-0.15, -0.1) is 10.2 Å². The van der Waals surface area contributed by atoms with Gasteiger partial charge in [0.25, 0.3) is 0 Å². The molecule has 0 radical (unpaired) electrons. The zero-order valence-electron chi connectivity index (χ0n) is 13.7. The fourth-order valence-electron chi connectivity index (χ4n) is 2.19. The van der Waals surface area contributed by atoms with Crippen molar-refractivity contribution in [1.29, 1.82) is 0 Å². The summed E-state index contributed by atoms with van der Waals surface area (Å²) in [5.41, 5.74) is 3.16. The minimum atomic E-state index is 0.0219. The van der Waals surface area contributed by atoms with Crippen LogP contribution in [-0.4, -0.2) is 25.0 Å². The van der Waals surface area contributed by atoms with E-state index in [9.17, 15) is 0 Å². The summed E-state index contributed by atoms with van der Waals surface area (Å²) in [6, 6.07) is 3.93. The first-order chi connectivity index (χ1) is 10.9. The minimum Gasteiger partial charge on any atom is -0.356 e. The lowest BCUT2D eigenvalue weighted by molar-refractivity contribution is 0.578. The van der Waals surface area contributed by atoms with Crippen molar-refractivity contribution in [3.05, 3.63) is 41.3 Å². The average molecular weight is 328 g/mol. The van der Waals surface area contributed by atoms with Crippen LogP contribution in [0.25, 0.3) is 11.3 Å². The van der Waals surface area contributed by atoms with Crippen LogP contribution in [-0.2, 0) is 19.0 Å². The van der Waals surface area contributed by atoms with Gasteiger partial charge in [-0.25, -0.2) is 0 Å². The summed E-state index contributed by atoms with van der Waals surface area (Å²) < 4.78 is 1.83. The third kappa shape index (κ3) is 3.56. The van der Waals surface area contributed by atoms with E-state index < -0.39 is 0 Å². The number of rotatable bonds is 4. The Morgan fingerprint density at radius 3 is 2.57 bits per heavy atom. The first-order valence-corrected chi connectivity index (χ1v) is 8.26. The monoisotopic (exact) mass is 328 g/mol. The van der Waals surface area contributed by atoms with Crippen molar-refractivity contribution in [2.75, 3.05) is 5.32 Å². The number of hydrogen-bond acceptors (Lipinski definition) is 6. The molecule has 6 nitrogen and oxygen atoms in total.